The summed E-state index contributed by atoms with van der Waals surface area (Å²) in [5.41, 5.74) is 6.67. The highest BCUT2D eigenvalue weighted by molar-refractivity contribution is 5.85. The van der Waals surface area contributed by atoms with E-state index in [1.165, 1.54) is 0 Å². The van der Waals surface area contributed by atoms with Gasteiger partial charge in [-0.3, -0.25) is 9.63 Å². The minimum absolute atomic E-state index is 0.0835. The molecule has 2 aromatic carbocycles. The molecule has 4 rings (SSSR count). The van der Waals surface area contributed by atoms with Gasteiger partial charge in [-0.1, -0.05) is 61.9 Å². The lowest BCUT2D eigenvalue weighted by molar-refractivity contribution is -0.163. The van der Waals surface area contributed by atoms with Gasteiger partial charge in [-0.15, -0.1) is 0 Å². The minimum Gasteiger partial charge on any atom is -0.479 e. The van der Waals surface area contributed by atoms with Crippen LogP contribution in [-0.4, -0.2) is 41.8 Å². The average Bonchev–Trinajstić information content (AvgIpc) is 3.59. The normalized spacial score (nSPS) is 16.3. The second kappa shape index (κ2) is 10.0. The molecule has 174 valence electrons. The van der Waals surface area contributed by atoms with E-state index in [9.17, 15) is 19.5 Å². The largest absolute Gasteiger partial charge is 0.479 e. The molecule has 0 heterocycles. The number of benzene rings is 2. The average molecular weight is 453 g/mol. The van der Waals surface area contributed by atoms with E-state index in [1.54, 1.807) is 0 Å². The molecule has 2 atom stereocenters. The lowest BCUT2D eigenvalue weighted by Gasteiger charge is -2.20. The summed E-state index contributed by atoms with van der Waals surface area (Å²) in [6.07, 6.45) is 0.716. The van der Waals surface area contributed by atoms with E-state index in [2.05, 4.69) is 22.9 Å². The van der Waals surface area contributed by atoms with Gasteiger partial charge in [-0.25, -0.2) is 15.1 Å². The van der Waals surface area contributed by atoms with Crippen LogP contribution in [0.1, 0.15) is 49.7 Å². The van der Waals surface area contributed by atoms with E-state index in [0.717, 1.165) is 35.1 Å². The van der Waals surface area contributed by atoms with Crippen molar-refractivity contribution in [1.29, 1.82) is 0 Å². The zero-order chi connectivity index (χ0) is 23.4. The zero-order valence-electron chi connectivity index (χ0n) is 18.5. The van der Waals surface area contributed by atoms with E-state index < -0.39 is 30.1 Å². The van der Waals surface area contributed by atoms with E-state index in [1.807, 2.05) is 43.3 Å². The van der Waals surface area contributed by atoms with Crippen LogP contribution in [0, 0.1) is 5.92 Å². The summed E-state index contributed by atoms with van der Waals surface area (Å²) in [5, 5.41) is 11.8. The lowest BCUT2D eigenvalue weighted by atomic mass is 9.98. The fourth-order valence-electron chi connectivity index (χ4n) is 4.28. The van der Waals surface area contributed by atoms with Crippen molar-refractivity contribution in [1.82, 2.24) is 10.8 Å². The summed E-state index contributed by atoms with van der Waals surface area (Å²) in [6.45, 7) is 2.02. The number of hydroxylamine groups is 1. The molecule has 0 bridgehead atoms. The lowest BCUT2D eigenvalue weighted by Crippen LogP contribution is -2.48. The van der Waals surface area contributed by atoms with E-state index in [4.69, 9.17) is 9.57 Å². The third-order valence-corrected chi connectivity index (χ3v) is 6.11. The maximum absolute atomic E-state index is 12.5. The van der Waals surface area contributed by atoms with Crippen LogP contribution in [0.2, 0.25) is 0 Å². The number of rotatable bonds is 10. The maximum Gasteiger partial charge on any atom is 0.407 e. The molecule has 3 N–H and O–H groups in total. The van der Waals surface area contributed by atoms with E-state index >= 15 is 0 Å². The third-order valence-electron chi connectivity index (χ3n) is 6.11. The summed E-state index contributed by atoms with van der Waals surface area (Å²) < 4.78 is 5.51. The molecule has 0 radical (unpaired) electrons. The van der Waals surface area contributed by atoms with Gasteiger partial charge in [-0.05, 0) is 47.4 Å². The predicted octanol–water partition coefficient (Wildman–Crippen LogP) is 3.60. The molecular formula is C25H28N2O6. The molecule has 0 spiro atoms. The molecule has 2 amide bonds. The van der Waals surface area contributed by atoms with Gasteiger partial charge in [0.2, 0.25) is 0 Å². The number of fused-ring (bicyclic) bond motifs is 3. The minimum atomic E-state index is -1.12. The molecule has 1 unspecified atom stereocenters. The number of hydrogen-bond acceptors (Lipinski definition) is 5. The van der Waals surface area contributed by atoms with Crippen molar-refractivity contribution in [2.24, 2.45) is 5.92 Å². The van der Waals surface area contributed by atoms with Gasteiger partial charge in [0.25, 0.3) is 5.91 Å². The van der Waals surface area contributed by atoms with E-state index in [-0.39, 0.29) is 18.4 Å². The molecule has 33 heavy (non-hydrogen) atoms. The number of alkyl carbamates (subject to hydrolysis) is 1. The van der Waals surface area contributed by atoms with Crippen molar-refractivity contribution >= 4 is 18.0 Å². The first-order chi connectivity index (χ1) is 16.0. The number of carbonyl (C=O) groups excluding carboxylic acids is 2. The Morgan fingerprint density at radius 1 is 1.03 bits per heavy atom. The number of nitrogens with one attached hydrogen (secondary N) is 2. The molecule has 1 fully saturated rings. The molecule has 0 aliphatic heterocycles. The Hall–Kier alpha value is -3.39. The van der Waals surface area contributed by atoms with Gasteiger partial charge >= 0.3 is 12.1 Å². The maximum atomic E-state index is 12.5. The Bertz CT molecular complexity index is 990. The van der Waals surface area contributed by atoms with Gasteiger partial charge in [0.1, 0.15) is 12.6 Å². The molecule has 0 aromatic heterocycles. The molecule has 1 saturated carbocycles. The first-order valence-corrected chi connectivity index (χ1v) is 11.3. The van der Waals surface area contributed by atoms with Crippen molar-refractivity contribution in [2.45, 2.75) is 50.7 Å². The highest BCUT2D eigenvalue weighted by Crippen LogP contribution is 2.44. The highest BCUT2D eigenvalue weighted by Gasteiger charge is 2.38. The molecule has 2 aliphatic rings. The Labute approximate surface area is 192 Å². The number of carboxylic acid groups (broad SMARTS) is 1. The molecule has 2 aromatic rings. The number of aliphatic carboxylic acids is 1. The smallest absolute Gasteiger partial charge is 0.407 e. The van der Waals surface area contributed by atoms with Crippen molar-refractivity contribution in [3.63, 3.8) is 0 Å². The summed E-state index contributed by atoms with van der Waals surface area (Å²) in [6, 6.07) is 15.2. The van der Waals surface area contributed by atoms with Crippen LogP contribution in [0.25, 0.3) is 11.1 Å². The predicted molar refractivity (Wildman–Crippen MR) is 120 cm³/mol. The monoisotopic (exact) mass is 452 g/mol. The van der Waals surface area contributed by atoms with E-state index in [0.29, 0.717) is 12.8 Å². The van der Waals surface area contributed by atoms with Crippen molar-refractivity contribution in [3.05, 3.63) is 59.7 Å². The Morgan fingerprint density at radius 3 is 2.18 bits per heavy atom. The summed E-state index contributed by atoms with van der Waals surface area (Å²) in [7, 11) is 0. The Morgan fingerprint density at radius 2 is 1.64 bits per heavy atom. The Kier molecular flexibility index (Phi) is 6.93. The molecule has 2 aliphatic carbocycles. The Balaban J connectivity index is 1.35. The van der Waals surface area contributed by atoms with Crippen molar-refractivity contribution in [3.8, 4) is 11.1 Å². The molecule has 8 nitrogen and oxygen atoms in total. The second-order valence-corrected chi connectivity index (χ2v) is 8.49. The number of carboxylic acids is 1. The van der Waals surface area contributed by atoms with Gasteiger partial charge in [0.05, 0.1) is 0 Å². The second-order valence-electron chi connectivity index (χ2n) is 8.49. The van der Waals surface area contributed by atoms with Gasteiger partial charge in [0, 0.05) is 5.92 Å². The quantitative estimate of drug-likeness (QED) is 0.475. The third kappa shape index (κ3) is 5.17. The number of hydrogen-bond donors (Lipinski definition) is 3. The molecule has 0 saturated heterocycles. The molecular weight excluding hydrogens is 424 g/mol. The fraction of sp³-hybridized carbons (Fsp3) is 0.400. The summed E-state index contributed by atoms with van der Waals surface area (Å²) in [5.74, 6) is -1.89. The first kappa shape index (κ1) is 22.8. The van der Waals surface area contributed by atoms with Gasteiger partial charge in [0.15, 0.2) is 6.10 Å². The van der Waals surface area contributed by atoms with Crippen LogP contribution in [-0.2, 0) is 19.2 Å². The van der Waals surface area contributed by atoms with Crippen LogP contribution in [0.15, 0.2) is 48.5 Å². The number of carbonyl (C=O) groups is 3. The standard InChI is InChI=1S/C25H28N2O6/c1-2-7-21(23(28)27-33-22(24(29)30)15-12-13-15)26-25(31)32-14-20-18-10-5-3-8-16(18)17-9-4-6-11-19(17)20/h3-6,8-11,15,20-22H,2,7,12-14H2,1H3,(H,26,31)(H,27,28)(H,29,30)/t21-,22?/m0/s1. The topological polar surface area (TPSA) is 114 Å². The van der Waals surface area contributed by atoms with Crippen LogP contribution >= 0.6 is 0 Å². The SMILES string of the molecule is CCC[C@H](NC(=O)OCC1c2ccccc2-c2ccccc21)C(=O)NOC(C(=O)O)C1CC1. The van der Waals surface area contributed by atoms with Crippen LogP contribution in [0.5, 0.6) is 0 Å². The first-order valence-electron chi connectivity index (χ1n) is 11.3. The van der Waals surface area contributed by atoms with Gasteiger partial charge in [-0.2, -0.15) is 0 Å². The number of amides is 2. The van der Waals surface area contributed by atoms with Crippen LogP contribution in [0.3, 0.4) is 0 Å². The van der Waals surface area contributed by atoms with Crippen LogP contribution < -0.4 is 10.8 Å². The number of ether oxygens (including phenoxy) is 1. The van der Waals surface area contributed by atoms with Crippen LogP contribution in [0.4, 0.5) is 4.79 Å². The molecule has 8 heteroatoms. The van der Waals surface area contributed by atoms with Crippen molar-refractivity contribution in [2.75, 3.05) is 6.61 Å². The summed E-state index contributed by atoms with van der Waals surface area (Å²) in [4.78, 5) is 41.5. The van der Waals surface area contributed by atoms with Gasteiger partial charge < -0.3 is 15.2 Å². The van der Waals surface area contributed by atoms with Crippen molar-refractivity contribution < 1.29 is 29.1 Å². The zero-order valence-corrected chi connectivity index (χ0v) is 18.5. The summed E-state index contributed by atoms with van der Waals surface area (Å²) >= 11 is 0. The fourth-order valence-corrected chi connectivity index (χ4v) is 4.28. The highest BCUT2D eigenvalue weighted by atomic mass is 16.7.